The monoisotopic (exact) mass is 492 g/mol. The molecule has 4 rings (SSSR count). The highest BCUT2D eigenvalue weighted by molar-refractivity contribution is 8.00. The van der Waals surface area contributed by atoms with Crippen LogP contribution in [0.2, 0.25) is 0 Å². The molecule has 0 spiro atoms. The maximum absolute atomic E-state index is 13.5. The van der Waals surface area contributed by atoms with E-state index in [0.717, 1.165) is 11.4 Å². The van der Waals surface area contributed by atoms with Gasteiger partial charge in [0, 0.05) is 11.4 Å². The third kappa shape index (κ3) is 5.99. The first-order chi connectivity index (χ1) is 16.9. The van der Waals surface area contributed by atoms with E-state index < -0.39 is 17.2 Å². The van der Waals surface area contributed by atoms with Crippen LogP contribution in [-0.2, 0) is 4.79 Å². The zero-order chi connectivity index (χ0) is 24.8. The van der Waals surface area contributed by atoms with Gasteiger partial charge in [0.05, 0.1) is 12.4 Å². The number of nitrogens with zero attached hydrogens (tertiary/aromatic N) is 3. The predicted octanol–water partition coefficient (Wildman–Crippen LogP) is 5.67. The number of benzene rings is 3. The Morgan fingerprint density at radius 3 is 2.37 bits per heavy atom. The van der Waals surface area contributed by atoms with Crippen LogP contribution in [0.25, 0.3) is 5.69 Å². The average molecular weight is 493 g/mol. The molecule has 4 aromatic rings. The maximum Gasteiger partial charge on any atom is 0.237 e. The number of aromatic nitrogens is 3. The van der Waals surface area contributed by atoms with Crippen molar-refractivity contribution in [1.82, 2.24) is 14.8 Å². The Labute approximate surface area is 207 Å². The van der Waals surface area contributed by atoms with E-state index in [4.69, 9.17) is 9.47 Å². The summed E-state index contributed by atoms with van der Waals surface area (Å²) in [5.74, 6) is 1.31. The third-order valence-electron chi connectivity index (χ3n) is 5.15. The first kappa shape index (κ1) is 24.3. The number of nitrogens with one attached hydrogen (secondary N) is 1. The molecule has 1 aromatic heterocycles. The van der Waals surface area contributed by atoms with Crippen molar-refractivity contribution in [3.05, 3.63) is 90.5 Å². The minimum absolute atomic E-state index is 0.271. The normalized spacial score (nSPS) is 12.6. The number of para-hydroxylation sites is 1. The fourth-order valence-electron chi connectivity index (χ4n) is 3.37. The van der Waals surface area contributed by atoms with Gasteiger partial charge in [0.15, 0.2) is 17.1 Å². The summed E-state index contributed by atoms with van der Waals surface area (Å²) >= 11 is 1.26. The molecule has 0 fully saturated rings. The van der Waals surface area contributed by atoms with E-state index in [0.29, 0.717) is 22.4 Å². The molecule has 0 aliphatic carbocycles. The second-order valence-corrected chi connectivity index (χ2v) is 9.01. The highest BCUT2D eigenvalue weighted by Crippen LogP contribution is 2.30. The van der Waals surface area contributed by atoms with Gasteiger partial charge in [0.2, 0.25) is 5.91 Å². The van der Waals surface area contributed by atoms with Crippen LogP contribution in [0.4, 0.5) is 10.1 Å². The number of halogens is 1. The number of methoxy groups -OCH3 is 1. The molecule has 2 atom stereocenters. The molecule has 35 heavy (non-hydrogen) atoms. The number of anilines is 1. The molecule has 0 aliphatic rings. The maximum atomic E-state index is 13.5. The lowest BCUT2D eigenvalue weighted by Gasteiger charge is -2.18. The van der Waals surface area contributed by atoms with Gasteiger partial charge in [-0.25, -0.2) is 4.39 Å². The second kappa shape index (κ2) is 11.1. The van der Waals surface area contributed by atoms with Crippen LogP contribution in [0.3, 0.4) is 0 Å². The van der Waals surface area contributed by atoms with Crippen LogP contribution in [0.1, 0.15) is 25.8 Å². The number of thioether (sulfide) groups is 1. The van der Waals surface area contributed by atoms with Crippen molar-refractivity contribution in [2.24, 2.45) is 0 Å². The molecule has 1 amide bonds. The molecular formula is C26H25FN4O3S. The van der Waals surface area contributed by atoms with Gasteiger partial charge in [-0.1, -0.05) is 36.0 Å². The van der Waals surface area contributed by atoms with E-state index in [2.05, 4.69) is 15.5 Å². The van der Waals surface area contributed by atoms with Gasteiger partial charge in [-0.15, -0.1) is 10.2 Å². The quantitative estimate of drug-likeness (QED) is 0.303. The SMILES string of the molecule is COc1ccc(OC(C)c2nnc(SC(C)C(=O)Nc3cccc(F)c3)n2-c2ccccc2)cc1. The fourth-order valence-corrected chi connectivity index (χ4v) is 4.25. The van der Waals surface area contributed by atoms with Crippen molar-refractivity contribution in [2.75, 3.05) is 12.4 Å². The molecule has 9 heteroatoms. The van der Waals surface area contributed by atoms with E-state index >= 15 is 0 Å². The predicted molar refractivity (Wildman–Crippen MR) is 134 cm³/mol. The van der Waals surface area contributed by atoms with E-state index in [-0.39, 0.29) is 5.91 Å². The van der Waals surface area contributed by atoms with Crippen LogP contribution in [-0.4, -0.2) is 33.0 Å². The first-order valence-corrected chi connectivity index (χ1v) is 11.9. The lowest BCUT2D eigenvalue weighted by atomic mass is 10.3. The molecule has 0 bridgehead atoms. The van der Waals surface area contributed by atoms with Gasteiger partial charge in [-0.05, 0) is 68.4 Å². The van der Waals surface area contributed by atoms with E-state index in [1.54, 1.807) is 26.2 Å². The molecule has 2 unspecified atom stereocenters. The molecule has 1 heterocycles. The van der Waals surface area contributed by atoms with E-state index in [1.165, 1.54) is 23.9 Å². The lowest BCUT2D eigenvalue weighted by molar-refractivity contribution is -0.115. The van der Waals surface area contributed by atoms with Gasteiger partial charge < -0.3 is 14.8 Å². The zero-order valence-electron chi connectivity index (χ0n) is 19.5. The smallest absolute Gasteiger partial charge is 0.237 e. The molecule has 7 nitrogen and oxygen atoms in total. The topological polar surface area (TPSA) is 78.3 Å². The lowest BCUT2D eigenvalue weighted by Crippen LogP contribution is -2.23. The second-order valence-electron chi connectivity index (χ2n) is 7.71. The van der Waals surface area contributed by atoms with Crippen LogP contribution < -0.4 is 14.8 Å². The number of ether oxygens (including phenoxy) is 2. The Balaban J connectivity index is 1.56. The Bertz CT molecular complexity index is 1280. The number of hydrogen-bond acceptors (Lipinski definition) is 6. The standard InChI is InChI=1S/C26H25FN4O3S/c1-17(34-23-14-12-22(33-3)13-15-23)24-29-30-26(31(24)21-10-5-4-6-11-21)35-18(2)25(32)28-20-9-7-8-19(27)16-20/h4-18H,1-3H3,(H,28,32). The Hall–Kier alpha value is -3.85. The van der Waals surface area contributed by atoms with Crippen LogP contribution in [0, 0.1) is 5.82 Å². The summed E-state index contributed by atoms with van der Waals surface area (Å²) in [6.45, 7) is 3.66. The number of rotatable bonds is 9. The zero-order valence-corrected chi connectivity index (χ0v) is 20.3. The number of carbonyl (C=O) groups excluding carboxylic acids is 1. The van der Waals surface area contributed by atoms with Crippen molar-refractivity contribution in [3.8, 4) is 17.2 Å². The highest BCUT2D eigenvalue weighted by atomic mass is 32.2. The molecule has 3 aromatic carbocycles. The third-order valence-corrected chi connectivity index (χ3v) is 6.19. The summed E-state index contributed by atoms with van der Waals surface area (Å²) in [6.07, 6.45) is -0.429. The minimum atomic E-state index is -0.518. The minimum Gasteiger partial charge on any atom is -0.497 e. The largest absolute Gasteiger partial charge is 0.497 e. The summed E-state index contributed by atoms with van der Waals surface area (Å²) in [5, 5.41) is 11.5. The molecule has 0 aliphatic heterocycles. The van der Waals surface area contributed by atoms with Crippen LogP contribution in [0.5, 0.6) is 11.5 Å². The van der Waals surface area contributed by atoms with E-state index in [9.17, 15) is 9.18 Å². The molecular weight excluding hydrogens is 467 g/mol. The van der Waals surface area contributed by atoms with Crippen molar-refractivity contribution in [3.63, 3.8) is 0 Å². The summed E-state index contributed by atoms with van der Waals surface area (Å²) in [4.78, 5) is 12.8. The Morgan fingerprint density at radius 2 is 1.69 bits per heavy atom. The Morgan fingerprint density at radius 1 is 0.971 bits per heavy atom. The average Bonchev–Trinajstić information content (AvgIpc) is 3.28. The summed E-state index contributed by atoms with van der Waals surface area (Å²) in [5.41, 5.74) is 1.24. The molecule has 1 N–H and O–H groups in total. The van der Waals surface area contributed by atoms with Crippen molar-refractivity contribution >= 4 is 23.4 Å². The molecule has 0 saturated carbocycles. The van der Waals surface area contributed by atoms with Crippen molar-refractivity contribution in [1.29, 1.82) is 0 Å². The summed E-state index contributed by atoms with van der Waals surface area (Å²) in [6, 6.07) is 22.7. The first-order valence-electron chi connectivity index (χ1n) is 11.0. The van der Waals surface area contributed by atoms with Crippen LogP contribution in [0.15, 0.2) is 84.0 Å². The van der Waals surface area contributed by atoms with Gasteiger partial charge in [-0.2, -0.15) is 0 Å². The number of carbonyl (C=O) groups is 1. The van der Waals surface area contributed by atoms with Gasteiger partial charge in [0.25, 0.3) is 0 Å². The van der Waals surface area contributed by atoms with E-state index in [1.807, 2.05) is 66.1 Å². The van der Waals surface area contributed by atoms with Crippen molar-refractivity contribution in [2.45, 2.75) is 30.4 Å². The number of hydrogen-bond donors (Lipinski definition) is 1. The van der Waals surface area contributed by atoms with Gasteiger partial charge in [0.1, 0.15) is 17.3 Å². The van der Waals surface area contributed by atoms with Crippen LogP contribution >= 0.6 is 11.8 Å². The summed E-state index contributed by atoms with van der Waals surface area (Å²) in [7, 11) is 1.61. The number of amides is 1. The fraction of sp³-hybridized carbons (Fsp3) is 0.192. The Kier molecular flexibility index (Phi) is 7.67. The molecule has 0 radical (unpaired) electrons. The summed E-state index contributed by atoms with van der Waals surface area (Å²) < 4.78 is 26.7. The van der Waals surface area contributed by atoms with Gasteiger partial charge in [-0.3, -0.25) is 9.36 Å². The van der Waals surface area contributed by atoms with Gasteiger partial charge >= 0.3 is 0 Å². The highest BCUT2D eigenvalue weighted by Gasteiger charge is 2.24. The van der Waals surface area contributed by atoms with Crippen molar-refractivity contribution < 1.29 is 18.7 Å². The molecule has 0 saturated heterocycles. The molecule has 180 valence electrons.